The Morgan fingerprint density at radius 3 is 2.70 bits per heavy atom. The van der Waals surface area contributed by atoms with E-state index in [1.165, 1.54) is 0 Å². The van der Waals surface area contributed by atoms with Crippen LogP contribution in [0.3, 0.4) is 0 Å². The monoisotopic (exact) mass is 327 g/mol. The normalized spacial score (nSPS) is 10.7. The third-order valence-corrected chi connectivity index (χ3v) is 4.48. The molecule has 2 amide bonds. The molecule has 3 rings (SSSR count). The van der Waals surface area contributed by atoms with Crippen molar-refractivity contribution >= 4 is 33.4 Å². The fourth-order valence-electron chi connectivity index (χ4n) is 2.44. The van der Waals surface area contributed by atoms with Gasteiger partial charge in [-0.3, -0.25) is 9.59 Å². The van der Waals surface area contributed by atoms with Crippen molar-refractivity contribution in [1.82, 2.24) is 15.2 Å². The van der Waals surface area contributed by atoms with Crippen molar-refractivity contribution in [2.75, 3.05) is 13.6 Å². The molecule has 2 N–H and O–H groups in total. The van der Waals surface area contributed by atoms with Gasteiger partial charge in [-0.25, -0.2) is 0 Å². The van der Waals surface area contributed by atoms with Crippen LogP contribution in [0, 0.1) is 0 Å². The van der Waals surface area contributed by atoms with Crippen molar-refractivity contribution < 1.29 is 9.59 Å². The number of nitrogens with zero attached hydrogens (tertiary/aromatic N) is 1. The van der Waals surface area contributed by atoms with E-state index in [9.17, 15) is 9.59 Å². The fraction of sp³-hybridized carbons (Fsp3) is 0.176. The molecule has 0 saturated heterocycles. The minimum Gasteiger partial charge on any atom is -0.358 e. The summed E-state index contributed by atoms with van der Waals surface area (Å²) in [5.41, 5.74) is 2.72. The SMILES string of the molecule is CNC(=O)CNC(=O)c1cc2sccc2n1Cc1ccccc1. The number of thiophene rings is 1. The number of nitrogens with one attached hydrogen (secondary N) is 2. The summed E-state index contributed by atoms with van der Waals surface area (Å²) >= 11 is 1.60. The molecule has 3 aromatic rings. The highest BCUT2D eigenvalue weighted by atomic mass is 32.1. The molecule has 2 aromatic heterocycles. The molecule has 0 radical (unpaired) electrons. The predicted molar refractivity (Wildman–Crippen MR) is 91.8 cm³/mol. The maximum Gasteiger partial charge on any atom is 0.268 e. The zero-order valence-corrected chi connectivity index (χ0v) is 13.5. The van der Waals surface area contributed by atoms with Crippen LogP contribution in [0.4, 0.5) is 0 Å². The molecule has 5 nitrogen and oxygen atoms in total. The van der Waals surface area contributed by atoms with Gasteiger partial charge in [0.1, 0.15) is 5.69 Å². The second-order valence-electron chi connectivity index (χ2n) is 5.13. The van der Waals surface area contributed by atoms with E-state index in [4.69, 9.17) is 0 Å². The number of carbonyl (C=O) groups is 2. The van der Waals surface area contributed by atoms with Crippen LogP contribution in [0.5, 0.6) is 0 Å². The summed E-state index contributed by atoms with van der Waals surface area (Å²) in [6.07, 6.45) is 0. The van der Waals surface area contributed by atoms with Gasteiger partial charge in [0.15, 0.2) is 0 Å². The second kappa shape index (κ2) is 6.66. The Morgan fingerprint density at radius 2 is 1.96 bits per heavy atom. The van der Waals surface area contributed by atoms with Gasteiger partial charge < -0.3 is 15.2 Å². The summed E-state index contributed by atoms with van der Waals surface area (Å²) in [7, 11) is 1.54. The summed E-state index contributed by atoms with van der Waals surface area (Å²) < 4.78 is 3.05. The van der Waals surface area contributed by atoms with Crippen LogP contribution in [-0.4, -0.2) is 30.0 Å². The molecular weight excluding hydrogens is 310 g/mol. The molecule has 0 aliphatic rings. The van der Waals surface area contributed by atoms with E-state index < -0.39 is 0 Å². The average Bonchev–Trinajstić information content (AvgIpc) is 3.16. The molecule has 118 valence electrons. The van der Waals surface area contributed by atoms with E-state index in [0.29, 0.717) is 12.2 Å². The zero-order chi connectivity index (χ0) is 16.2. The van der Waals surface area contributed by atoms with Gasteiger partial charge in [0.2, 0.25) is 5.91 Å². The number of amides is 2. The topological polar surface area (TPSA) is 63.1 Å². The number of benzene rings is 1. The molecule has 6 heteroatoms. The van der Waals surface area contributed by atoms with E-state index in [1.807, 2.05) is 52.4 Å². The molecule has 0 aliphatic heterocycles. The lowest BCUT2D eigenvalue weighted by molar-refractivity contribution is -0.119. The van der Waals surface area contributed by atoms with Gasteiger partial charge in [0.25, 0.3) is 5.91 Å². The van der Waals surface area contributed by atoms with Crippen molar-refractivity contribution in [2.24, 2.45) is 0 Å². The molecule has 0 saturated carbocycles. The Labute approximate surface area is 137 Å². The largest absolute Gasteiger partial charge is 0.358 e. The standard InChI is InChI=1S/C17H17N3O2S/c1-18-16(21)10-19-17(22)14-9-15-13(7-8-23-15)20(14)11-12-5-3-2-4-6-12/h2-9H,10-11H2,1H3,(H,18,21)(H,19,22). The maximum absolute atomic E-state index is 12.4. The van der Waals surface area contributed by atoms with Crippen molar-refractivity contribution in [3.63, 3.8) is 0 Å². The third kappa shape index (κ3) is 3.27. The zero-order valence-electron chi connectivity index (χ0n) is 12.7. The Hall–Kier alpha value is -2.60. The first-order valence-corrected chi connectivity index (χ1v) is 8.16. The van der Waals surface area contributed by atoms with Gasteiger partial charge >= 0.3 is 0 Å². The smallest absolute Gasteiger partial charge is 0.268 e. The summed E-state index contributed by atoms with van der Waals surface area (Å²) in [5.74, 6) is -0.464. The molecule has 2 heterocycles. The number of hydrogen-bond donors (Lipinski definition) is 2. The highest BCUT2D eigenvalue weighted by molar-refractivity contribution is 7.17. The molecule has 1 aromatic carbocycles. The third-order valence-electron chi connectivity index (χ3n) is 3.63. The van der Waals surface area contributed by atoms with Crippen molar-refractivity contribution in [1.29, 1.82) is 0 Å². The summed E-state index contributed by atoms with van der Waals surface area (Å²) in [5, 5.41) is 7.16. The van der Waals surface area contributed by atoms with Crippen LogP contribution in [0.25, 0.3) is 10.2 Å². The van der Waals surface area contributed by atoms with Crippen LogP contribution in [0.15, 0.2) is 47.8 Å². The fourth-order valence-corrected chi connectivity index (χ4v) is 3.26. The molecule has 23 heavy (non-hydrogen) atoms. The van der Waals surface area contributed by atoms with Gasteiger partial charge in [-0.05, 0) is 23.1 Å². The lowest BCUT2D eigenvalue weighted by Crippen LogP contribution is -2.36. The van der Waals surface area contributed by atoms with Crippen molar-refractivity contribution in [3.8, 4) is 0 Å². The van der Waals surface area contributed by atoms with Crippen LogP contribution >= 0.6 is 11.3 Å². The quantitative estimate of drug-likeness (QED) is 0.755. The minimum atomic E-state index is -0.243. The first kappa shape index (κ1) is 15.3. The highest BCUT2D eigenvalue weighted by Crippen LogP contribution is 2.26. The average molecular weight is 327 g/mol. The molecule has 0 spiro atoms. The van der Waals surface area contributed by atoms with E-state index in [1.54, 1.807) is 18.4 Å². The number of fused-ring (bicyclic) bond motifs is 1. The molecule has 0 atom stereocenters. The van der Waals surface area contributed by atoms with Gasteiger partial charge in [-0.2, -0.15) is 0 Å². The van der Waals surface area contributed by atoms with Crippen LogP contribution in [0.1, 0.15) is 16.1 Å². The van der Waals surface area contributed by atoms with Gasteiger partial charge in [0.05, 0.1) is 16.8 Å². The Morgan fingerprint density at radius 1 is 1.17 bits per heavy atom. The van der Waals surface area contributed by atoms with Crippen molar-refractivity contribution in [2.45, 2.75) is 6.54 Å². The predicted octanol–water partition coefficient (Wildman–Crippen LogP) is 2.23. The van der Waals surface area contributed by atoms with Crippen LogP contribution in [-0.2, 0) is 11.3 Å². The number of aromatic nitrogens is 1. The molecule has 0 bridgehead atoms. The summed E-state index contributed by atoms with van der Waals surface area (Å²) in [6.45, 7) is 0.587. The first-order chi connectivity index (χ1) is 11.2. The number of rotatable bonds is 5. The minimum absolute atomic E-state index is 0.0283. The van der Waals surface area contributed by atoms with Gasteiger partial charge in [0, 0.05) is 13.6 Å². The molecule has 0 fully saturated rings. The number of carbonyl (C=O) groups excluding carboxylic acids is 2. The molecule has 0 aliphatic carbocycles. The Kier molecular flexibility index (Phi) is 4.43. The van der Waals surface area contributed by atoms with Gasteiger partial charge in [-0.15, -0.1) is 11.3 Å². The Bertz CT molecular complexity index is 836. The summed E-state index contributed by atoms with van der Waals surface area (Å²) in [4.78, 5) is 23.8. The first-order valence-electron chi connectivity index (χ1n) is 7.28. The van der Waals surface area contributed by atoms with Crippen LogP contribution < -0.4 is 10.6 Å². The van der Waals surface area contributed by atoms with Gasteiger partial charge in [-0.1, -0.05) is 30.3 Å². The molecular formula is C17H17N3O2S. The van der Waals surface area contributed by atoms with Crippen molar-refractivity contribution in [3.05, 3.63) is 59.1 Å². The number of likely N-dealkylation sites (N-methyl/N-ethyl adjacent to an activating group) is 1. The van der Waals surface area contributed by atoms with E-state index in [-0.39, 0.29) is 18.4 Å². The number of hydrogen-bond acceptors (Lipinski definition) is 3. The Balaban J connectivity index is 1.90. The maximum atomic E-state index is 12.4. The summed E-state index contributed by atoms with van der Waals surface area (Å²) in [6, 6.07) is 13.9. The van der Waals surface area contributed by atoms with E-state index >= 15 is 0 Å². The van der Waals surface area contributed by atoms with Crippen LogP contribution in [0.2, 0.25) is 0 Å². The molecule has 0 unspecified atom stereocenters. The second-order valence-corrected chi connectivity index (χ2v) is 6.07. The lowest BCUT2D eigenvalue weighted by atomic mass is 10.2. The highest BCUT2D eigenvalue weighted by Gasteiger charge is 2.17. The van der Waals surface area contributed by atoms with E-state index in [0.717, 1.165) is 15.8 Å². The lowest BCUT2D eigenvalue weighted by Gasteiger charge is -2.10. The van der Waals surface area contributed by atoms with E-state index in [2.05, 4.69) is 10.6 Å².